The van der Waals surface area contributed by atoms with Crippen LogP contribution in [0.3, 0.4) is 0 Å². The molecule has 0 spiro atoms. The average Bonchev–Trinajstić information content (AvgIpc) is 3.07. The summed E-state index contributed by atoms with van der Waals surface area (Å²) in [6.07, 6.45) is 0. The van der Waals surface area contributed by atoms with E-state index in [0.717, 1.165) is 51.6 Å². The number of fused-ring (bicyclic) bond motifs is 9. The molecule has 0 fully saturated rings. The summed E-state index contributed by atoms with van der Waals surface area (Å²) < 4.78 is 184. The Balaban J connectivity index is 1.13. The number of hydrogen-bond donors (Lipinski definition) is 0. The quantitative estimate of drug-likeness (QED) is 0.168. The molecule has 0 radical (unpaired) electrons. The first-order chi connectivity index (χ1) is 39.5. The minimum absolute atomic E-state index is 0.227. The molecule has 0 amide bonds. The molecule has 0 unspecified atom stereocenters. The maximum absolute atomic E-state index is 9.91. The van der Waals surface area contributed by atoms with Gasteiger partial charge in [-0.1, -0.05) is 176 Å². The summed E-state index contributed by atoms with van der Waals surface area (Å²) in [6.45, 7) is 0. The van der Waals surface area contributed by atoms with Crippen LogP contribution in [0, 0.1) is 0 Å². The molecule has 0 atom stereocenters. The highest BCUT2D eigenvalue weighted by Crippen LogP contribution is 2.41. The first-order valence-corrected chi connectivity index (χ1v) is 20.4. The van der Waals surface area contributed by atoms with E-state index >= 15 is 0 Å². The Hall–Kier alpha value is -8.19. The van der Waals surface area contributed by atoms with Gasteiger partial charge in [-0.05, 0) is 69.7 Å². The zero-order valence-corrected chi connectivity index (χ0v) is 33.1. The van der Waals surface area contributed by atoms with Crippen LogP contribution >= 0.6 is 11.3 Å². The molecule has 0 aliphatic rings. The van der Waals surface area contributed by atoms with E-state index < -0.39 is 160 Å². The minimum Gasteiger partial charge on any atom is -0.278 e. The Kier molecular flexibility index (Phi) is 4.75. The maximum atomic E-state index is 9.91. The summed E-state index contributed by atoms with van der Waals surface area (Å²) in [4.78, 5) is 14.6. The lowest BCUT2D eigenvalue weighted by molar-refractivity contribution is 0.893. The Morgan fingerprint density at radius 1 is 0.381 bits per heavy atom. The van der Waals surface area contributed by atoms with Crippen molar-refractivity contribution in [2.24, 2.45) is 0 Å². The fourth-order valence-corrected chi connectivity index (χ4v) is 9.41. The monoisotopic (exact) mass is 841 g/mol. The second-order valence-electron chi connectivity index (χ2n) is 14.5. The highest BCUT2D eigenvalue weighted by molar-refractivity contribution is 7.26. The van der Waals surface area contributed by atoms with Crippen molar-refractivity contribution < 1.29 is 27.4 Å². The highest BCUT2D eigenvalue weighted by Gasteiger charge is 2.21. The highest BCUT2D eigenvalue weighted by atomic mass is 32.1. The van der Waals surface area contributed by atoms with E-state index in [-0.39, 0.29) is 38.6 Å². The van der Waals surface area contributed by atoms with Crippen LogP contribution in [-0.4, -0.2) is 24.1 Å². The van der Waals surface area contributed by atoms with Crippen LogP contribution in [0.1, 0.15) is 27.4 Å². The fraction of sp³-hybridized carbons (Fsp3) is 0. The van der Waals surface area contributed by atoms with Crippen molar-refractivity contribution in [2.75, 3.05) is 0 Å². The van der Waals surface area contributed by atoms with Gasteiger partial charge in [-0.3, -0.25) is 9.13 Å². The summed E-state index contributed by atoms with van der Waals surface area (Å²) in [5, 5.41) is 0.858. The molecule has 5 nitrogen and oxygen atoms in total. The molecule has 0 aliphatic heterocycles. The Bertz CT molecular complexity index is 5010. The normalized spacial score (nSPS) is 16.3. The molecule has 6 heteroatoms. The van der Waals surface area contributed by atoms with E-state index in [1.54, 1.807) is 35.6 Å². The van der Waals surface area contributed by atoms with Crippen molar-refractivity contribution in [3.63, 3.8) is 0 Å². The van der Waals surface area contributed by atoms with Crippen LogP contribution in [0.2, 0.25) is 0 Å². The lowest BCUT2D eigenvalue weighted by Gasteiger charge is -2.13. The Morgan fingerprint density at radius 3 is 1.67 bits per heavy atom. The summed E-state index contributed by atoms with van der Waals surface area (Å²) in [5.41, 5.74) is 0.851. The molecule has 4 aromatic heterocycles. The van der Waals surface area contributed by atoms with Crippen molar-refractivity contribution >= 4 is 75.1 Å². The van der Waals surface area contributed by atoms with Crippen molar-refractivity contribution in [3.8, 4) is 56.7 Å². The zero-order chi connectivity index (χ0) is 58.8. The van der Waals surface area contributed by atoms with E-state index in [9.17, 15) is 9.60 Å². The van der Waals surface area contributed by atoms with Gasteiger partial charge in [0.1, 0.15) is 0 Å². The van der Waals surface area contributed by atoms with E-state index in [0.29, 0.717) is 0 Å². The summed E-state index contributed by atoms with van der Waals surface area (Å²) >= 11 is 1.70. The third-order valence-electron chi connectivity index (χ3n) is 11.0. The summed E-state index contributed by atoms with van der Waals surface area (Å²) in [6, 6.07) is 14.2. The lowest BCUT2D eigenvalue weighted by atomic mass is 9.97. The molecular formula is C57H35N5S. The molecule has 0 aliphatic carbocycles. The minimum atomic E-state index is -0.822. The maximum Gasteiger partial charge on any atom is 0.240 e. The topological polar surface area (TPSA) is 48.5 Å². The molecule has 0 N–H and O–H groups in total. The predicted molar refractivity (Wildman–Crippen MR) is 263 cm³/mol. The van der Waals surface area contributed by atoms with Gasteiger partial charge in [-0.2, -0.15) is 15.0 Å². The van der Waals surface area contributed by atoms with Crippen LogP contribution in [0.4, 0.5) is 0 Å². The van der Waals surface area contributed by atoms with Crippen LogP contribution in [0.5, 0.6) is 0 Å². The summed E-state index contributed by atoms with van der Waals surface area (Å²) in [7, 11) is 0. The number of thiophene rings is 1. The molecular weight excluding hydrogens is 787 g/mol. The second-order valence-corrected chi connectivity index (χ2v) is 15.6. The van der Waals surface area contributed by atoms with Gasteiger partial charge in [0.2, 0.25) is 11.9 Å². The third-order valence-corrected chi connectivity index (χ3v) is 12.2. The first-order valence-electron chi connectivity index (χ1n) is 29.6. The van der Waals surface area contributed by atoms with Gasteiger partial charge in [0.05, 0.1) is 49.5 Å². The van der Waals surface area contributed by atoms with Gasteiger partial charge >= 0.3 is 0 Å². The number of rotatable bonds is 6. The Morgan fingerprint density at radius 2 is 0.952 bits per heavy atom. The van der Waals surface area contributed by atoms with E-state index in [1.165, 1.54) is 0 Å². The van der Waals surface area contributed by atoms with Crippen LogP contribution in [-0.2, 0) is 0 Å². The molecule has 9 aromatic carbocycles. The fourth-order valence-electron chi connectivity index (χ4n) is 8.17. The van der Waals surface area contributed by atoms with Crippen molar-refractivity contribution in [3.05, 3.63) is 212 Å². The van der Waals surface area contributed by atoms with Gasteiger partial charge in [-0.15, -0.1) is 11.3 Å². The second kappa shape index (κ2) is 14.2. The number of nitrogens with zero attached hydrogens (tertiary/aromatic N) is 5. The van der Waals surface area contributed by atoms with Gasteiger partial charge in [0, 0.05) is 47.3 Å². The lowest BCUT2D eigenvalue weighted by Crippen LogP contribution is -2.10. The van der Waals surface area contributed by atoms with Gasteiger partial charge in [0.15, 0.2) is 5.82 Å². The average molecular weight is 842 g/mol. The SMILES string of the molecule is [2H]c1c([2H])c([2H])c(-c2c([2H])c([2H])c3c4c([2H])c([2H])c([2H])c([2H])c4n(-c4nc(-c5ccc(-c6cccc(-c7cccc8c7sc7ccccc78)c6)cc5)nc(-n5c6c([2H])c([2H])c([2H])c([2H])c6c6c([2H])c([2H])c([2H])c([2H])c65)n4)c3c2[2H])c([2H])c1[2H]. The van der Waals surface area contributed by atoms with E-state index in [1.807, 2.05) is 36.4 Å². The Labute approximate surface area is 394 Å². The standard InChI is InChI=1S/C57H35N5S/c1-2-14-36(15-3-1)40-32-33-46-45-20-6-10-26-51(45)62(52(46)35-40)57-59-55(58-56(60-57)61-49-24-8-4-18-43(49)44-19-5-9-25-50(44)61)38-30-28-37(29-31-38)39-16-12-17-41(34-39)42-22-13-23-48-47-21-7-11-27-53(47)63-54(42)48/h1-35H/i1D,2D,3D,4D,5D,6D,8D,9D,10D,14D,15D,18D,19D,20D,24D,25D,26D,32D,33D,35D. The van der Waals surface area contributed by atoms with E-state index in [2.05, 4.69) is 30.3 Å². The predicted octanol–water partition coefficient (Wildman–Crippen LogP) is 15.1. The molecule has 13 aromatic rings. The zero-order valence-electron chi connectivity index (χ0n) is 52.3. The molecule has 0 saturated heterocycles. The molecule has 294 valence electrons. The first kappa shape index (κ1) is 21.1. The number of para-hydroxylation sites is 3. The van der Waals surface area contributed by atoms with Gasteiger partial charge in [0.25, 0.3) is 0 Å². The van der Waals surface area contributed by atoms with Crippen molar-refractivity contribution in [2.45, 2.75) is 0 Å². The van der Waals surface area contributed by atoms with Crippen LogP contribution in [0.25, 0.3) is 120 Å². The van der Waals surface area contributed by atoms with Gasteiger partial charge in [-0.25, -0.2) is 0 Å². The number of benzene rings is 9. The van der Waals surface area contributed by atoms with Crippen molar-refractivity contribution in [1.82, 2.24) is 24.1 Å². The molecule has 0 bridgehead atoms. The number of hydrogen-bond acceptors (Lipinski definition) is 4. The molecule has 4 heterocycles. The van der Waals surface area contributed by atoms with Crippen LogP contribution in [0.15, 0.2) is 212 Å². The van der Waals surface area contributed by atoms with Crippen molar-refractivity contribution in [1.29, 1.82) is 0 Å². The van der Waals surface area contributed by atoms with Crippen LogP contribution < -0.4 is 0 Å². The molecule has 63 heavy (non-hydrogen) atoms. The van der Waals surface area contributed by atoms with E-state index in [4.69, 9.17) is 32.8 Å². The largest absolute Gasteiger partial charge is 0.278 e. The molecule has 0 saturated carbocycles. The number of aromatic nitrogens is 5. The molecule has 13 rings (SSSR count). The third kappa shape index (κ3) is 5.73. The van der Waals surface area contributed by atoms with Gasteiger partial charge < -0.3 is 0 Å². The summed E-state index contributed by atoms with van der Waals surface area (Å²) in [5.74, 6) is -1.37. The smallest absolute Gasteiger partial charge is 0.240 e.